The Morgan fingerprint density at radius 3 is 2.50 bits per heavy atom. The van der Waals surface area contributed by atoms with Crippen LogP contribution in [0, 0.1) is 6.92 Å². The highest BCUT2D eigenvalue weighted by atomic mass is 16.6. The van der Waals surface area contributed by atoms with Gasteiger partial charge in [-0.1, -0.05) is 5.16 Å². The maximum Gasteiger partial charge on any atom is 0.407 e. The molecule has 0 bridgehead atoms. The number of hydrogen-bond donors (Lipinski definition) is 3. The third-order valence-electron chi connectivity index (χ3n) is 3.75. The van der Waals surface area contributed by atoms with Crippen molar-refractivity contribution in [2.75, 3.05) is 0 Å². The third-order valence-corrected chi connectivity index (χ3v) is 3.75. The predicted molar refractivity (Wildman–Crippen MR) is 83.7 cm³/mol. The van der Waals surface area contributed by atoms with E-state index in [0.717, 1.165) is 0 Å². The summed E-state index contributed by atoms with van der Waals surface area (Å²) < 4.78 is 10.5. The maximum absolute atomic E-state index is 12.0. The molecule has 1 heterocycles. The zero-order valence-electron chi connectivity index (χ0n) is 14.3. The second kappa shape index (κ2) is 7.06. The van der Waals surface area contributed by atoms with Crippen molar-refractivity contribution >= 4 is 12.2 Å². The lowest BCUT2D eigenvalue weighted by Crippen LogP contribution is -2.54. The molecule has 0 saturated heterocycles. The summed E-state index contributed by atoms with van der Waals surface area (Å²) >= 11 is 0. The Morgan fingerprint density at radius 2 is 1.96 bits per heavy atom. The molecule has 3 atom stereocenters. The molecule has 0 aliphatic heterocycles. The fraction of sp³-hybridized carbons (Fsp3) is 0.733. The number of nitrogens with one attached hydrogen (secondary N) is 2. The molecular weight excluding hydrogens is 316 g/mol. The maximum atomic E-state index is 12.0. The van der Waals surface area contributed by atoms with E-state index in [1.165, 1.54) is 0 Å². The number of carboxylic acid groups (broad SMARTS) is 1. The quantitative estimate of drug-likeness (QED) is 0.769. The van der Waals surface area contributed by atoms with Gasteiger partial charge in [0, 0.05) is 5.92 Å². The molecule has 1 aliphatic carbocycles. The third kappa shape index (κ3) is 5.10. The molecule has 1 aromatic rings. The van der Waals surface area contributed by atoms with Crippen LogP contribution in [-0.4, -0.2) is 45.1 Å². The molecule has 1 fully saturated rings. The second-order valence-electron chi connectivity index (χ2n) is 7.00. The van der Waals surface area contributed by atoms with Crippen molar-refractivity contribution < 1.29 is 24.0 Å². The number of nitrogens with zero attached hydrogens (tertiary/aromatic N) is 2. The summed E-state index contributed by atoms with van der Waals surface area (Å²) in [6, 6.07) is -0.808. The molecule has 134 valence electrons. The Balaban J connectivity index is 2.07. The number of alkyl carbamates (subject to hydrolysis) is 1. The highest BCUT2D eigenvalue weighted by Crippen LogP contribution is 2.32. The summed E-state index contributed by atoms with van der Waals surface area (Å²) in [6.45, 7) is 7.04. The number of rotatable bonds is 3. The lowest BCUT2D eigenvalue weighted by Gasteiger charge is -2.35. The highest BCUT2D eigenvalue weighted by Gasteiger charge is 2.36. The Bertz CT molecular complexity index is 595. The summed E-state index contributed by atoms with van der Waals surface area (Å²) in [6.07, 6.45) is 0.0409. The Hall–Kier alpha value is -2.32. The lowest BCUT2D eigenvalue weighted by atomic mass is 9.82. The second-order valence-corrected chi connectivity index (χ2v) is 7.00. The number of aromatic nitrogens is 2. The van der Waals surface area contributed by atoms with Crippen molar-refractivity contribution in [3.05, 3.63) is 11.7 Å². The van der Waals surface area contributed by atoms with Crippen molar-refractivity contribution in [3.63, 3.8) is 0 Å². The molecule has 0 spiro atoms. The minimum absolute atomic E-state index is 0.0296. The first-order valence-electron chi connectivity index (χ1n) is 7.93. The van der Waals surface area contributed by atoms with Gasteiger partial charge in [0.1, 0.15) is 5.60 Å². The van der Waals surface area contributed by atoms with Crippen molar-refractivity contribution in [2.45, 2.75) is 70.6 Å². The van der Waals surface area contributed by atoms with Crippen molar-refractivity contribution in [2.24, 2.45) is 0 Å². The Kier molecular flexibility index (Phi) is 5.30. The van der Waals surface area contributed by atoms with Gasteiger partial charge in [0.15, 0.2) is 5.82 Å². The standard InChI is InChI=1S/C15H24N4O5/c1-8-16-12(24-19-8)9-5-6-10(17-13(20)21)11(7-9)18-14(22)23-15(2,3)4/h9-11,17H,5-7H2,1-4H3,(H,18,22)(H,20,21)/t9-,10-,11+/m0/s1. The van der Waals surface area contributed by atoms with E-state index in [9.17, 15) is 9.59 Å². The zero-order valence-corrected chi connectivity index (χ0v) is 14.3. The Morgan fingerprint density at radius 1 is 1.25 bits per heavy atom. The molecule has 9 nitrogen and oxygen atoms in total. The molecule has 0 unspecified atom stereocenters. The molecule has 9 heteroatoms. The fourth-order valence-electron chi connectivity index (χ4n) is 2.82. The molecule has 2 rings (SSSR count). The van der Waals surface area contributed by atoms with E-state index in [-0.39, 0.29) is 5.92 Å². The summed E-state index contributed by atoms with van der Waals surface area (Å²) in [4.78, 5) is 27.3. The van der Waals surface area contributed by atoms with Gasteiger partial charge in [0.05, 0.1) is 12.1 Å². The fourth-order valence-corrected chi connectivity index (χ4v) is 2.82. The largest absolute Gasteiger partial charge is 0.465 e. The molecule has 1 saturated carbocycles. The minimum atomic E-state index is -1.12. The molecule has 24 heavy (non-hydrogen) atoms. The van der Waals surface area contributed by atoms with E-state index < -0.39 is 29.9 Å². The van der Waals surface area contributed by atoms with E-state index in [0.29, 0.717) is 31.0 Å². The first kappa shape index (κ1) is 18.0. The van der Waals surface area contributed by atoms with Crippen LogP contribution in [0.3, 0.4) is 0 Å². The van der Waals surface area contributed by atoms with E-state index in [1.54, 1.807) is 27.7 Å². The normalized spacial score (nSPS) is 24.2. The van der Waals surface area contributed by atoms with Crippen LogP contribution in [0.25, 0.3) is 0 Å². The van der Waals surface area contributed by atoms with E-state index in [2.05, 4.69) is 20.8 Å². The first-order chi connectivity index (χ1) is 11.1. The Labute approximate surface area is 140 Å². The summed E-state index contributed by atoms with van der Waals surface area (Å²) in [5.74, 6) is 1.03. The molecule has 0 radical (unpaired) electrons. The molecule has 3 N–H and O–H groups in total. The lowest BCUT2D eigenvalue weighted by molar-refractivity contribution is 0.0471. The van der Waals surface area contributed by atoms with Crippen LogP contribution >= 0.6 is 0 Å². The summed E-state index contributed by atoms with van der Waals surface area (Å²) in [7, 11) is 0. The average Bonchev–Trinajstić information content (AvgIpc) is 2.84. The smallest absolute Gasteiger partial charge is 0.407 e. The van der Waals surface area contributed by atoms with E-state index in [1.807, 2.05) is 0 Å². The summed E-state index contributed by atoms with van der Waals surface area (Å²) in [5.41, 5.74) is -0.628. The summed E-state index contributed by atoms with van der Waals surface area (Å²) in [5, 5.41) is 18.0. The average molecular weight is 340 g/mol. The molecule has 1 aromatic heterocycles. The van der Waals surface area contributed by atoms with Gasteiger partial charge in [-0.3, -0.25) is 0 Å². The molecule has 1 aliphatic rings. The van der Waals surface area contributed by atoms with Crippen molar-refractivity contribution in [3.8, 4) is 0 Å². The van der Waals surface area contributed by atoms with E-state index in [4.69, 9.17) is 14.4 Å². The number of carbonyl (C=O) groups excluding carboxylic acids is 1. The number of carbonyl (C=O) groups is 2. The first-order valence-corrected chi connectivity index (χ1v) is 7.93. The number of hydrogen-bond acceptors (Lipinski definition) is 6. The van der Waals surface area contributed by atoms with Gasteiger partial charge in [0.2, 0.25) is 5.89 Å². The topological polar surface area (TPSA) is 127 Å². The molecule has 0 aromatic carbocycles. The predicted octanol–water partition coefficient (Wildman–Crippen LogP) is 2.18. The van der Waals surface area contributed by atoms with Crippen molar-refractivity contribution in [1.82, 2.24) is 20.8 Å². The highest BCUT2D eigenvalue weighted by molar-refractivity contribution is 5.69. The van der Waals surface area contributed by atoms with Gasteiger partial charge in [-0.2, -0.15) is 4.98 Å². The minimum Gasteiger partial charge on any atom is -0.465 e. The zero-order chi connectivity index (χ0) is 17.9. The number of amides is 2. The van der Waals surface area contributed by atoms with Crippen LogP contribution < -0.4 is 10.6 Å². The van der Waals surface area contributed by atoms with Crippen LogP contribution in [0.15, 0.2) is 4.52 Å². The number of ether oxygens (including phenoxy) is 1. The molecule has 2 amide bonds. The van der Waals surface area contributed by atoms with Gasteiger partial charge in [-0.05, 0) is 47.0 Å². The van der Waals surface area contributed by atoms with Gasteiger partial charge >= 0.3 is 12.2 Å². The van der Waals surface area contributed by atoms with Crippen LogP contribution in [0.2, 0.25) is 0 Å². The van der Waals surface area contributed by atoms with Gasteiger partial charge in [0.25, 0.3) is 0 Å². The van der Waals surface area contributed by atoms with Gasteiger partial charge in [-0.25, -0.2) is 9.59 Å². The van der Waals surface area contributed by atoms with Crippen LogP contribution in [0.4, 0.5) is 9.59 Å². The van der Waals surface area contributed by atoms with Crippen LogP contribution in [0.1, 0.15) is 57.7 Å². The van der Waals surface area contributed by atoms with E-state index >= 15 is 0 Å². The van der Waals surface area contributed by atoms with Gasteiger partial charge < -0.3 is 25.0 Å². The molecular formula is C15H24N4O5. The number of aryl methyl sites for hydroxylation is 1. The van der Waals surface area contributed by atoms with Crippen LogP contribution in [0.5, 0.6) is 0 Å². The van der Waals surface area contributed by atoms with Crippen molar-refractivity contribution in [1.29, 1.82) is 0 Å². The van der Waals surface area contributed by atoms with Crippen LogP contribution in [-0.2, 0) is 4.74 Å². The SMILES string of the molecule is Cc1noc([C@H]2CC[C@H](NC(=O)O)[C@H](NC(=O)OC(C)(C)C)C2)n1. The monoisotopic (exact) mass is 340 g/mol. The van der Waals surface area contributed by atoms with Gasteiger partial charge in [-0.15, -0.1) is 0 Å².